The van der Waals surface area contributed by atoms with Crippen LogP contribution in [-0.2, 0) is 69.0 Å². The zero-order valence-electron chi connectivity index (χ0n) is 18.4. The Balaban J connectivity index is -0.0000000405. The number of carboxylic acid groups (broad SMARTS) is 5. The van der Waals surface area contributed by atoms with Crippen LogP contribution >= 0.6 is 0 Å². The maximum atomic E-state index is 9.99. The fraction of sp³-hybridized carbons (Fsp3) is 0.368. The van der Waals surface area contributed by atoms with E-state index in [9.17, 15) is 24.0 Å². The molecule has 5 N–H and O–H groups in total. The molecular formula is C19H22MoN3O15-3. The zero-order chi connectivity index (χ0) is 30.9. The van der Waals surface area contributed by atoms with Crippen molar-refractivity contribution in [1.29, 1.82) is 0 Å². The number of hydrogen-bond donors (Lipinski definition) is 5. The molecule has 0 aliphatic rings. The Morgan fingerprint density at radius 2 is 0.868 bits per heavy atom. The number of carbonyl (C=O) groups excluding carboxylic acids is 5. The number of aliphatic carboxylic acids is 5. The van der Waals surface area contributed by atoms with Gasteiger partial charge in [-0.15, -0.1) is 0 Å². The van der Waals surface area contributed by atoms with Crippen LogP contribution in [-0.4, -0.2) is 100 Å². The van der Waals surface area contributed by atoms with E-state index in [1.54, 1.807) is 0 Å². The van der Waals surface area contributed by atoms with E-state index in [0.29, 0.717) is 0 Å². The minimum atomic E-state index is -1.45. The van der Waals surface area contributed by atoms with Crippen LogP contribution in [0.15, 0.2) is 0 Å². The van der Waals surface area contributed by atoms with Crippen molar-refractivity contribution in [2.45, 2.75) is 45.3 Å². The third-order valence-electron chi connectivity index (χ3n) is 2.17. The number of hydrogen-bond acceptors (Lipinski definition) is 10. The van der Waals surface area contributed by atoms with Gasteiger partial charge >= 0.3 is 54.1 Å². The number of carboxylic acids is 5. The van der Waals surface area contributed by atoms with Crippen molar-refractivity contribution in [1.82, 2.24) is 0 Å². The summed E-state index contributed by atoms with van der Waals surface area (Å²) in [6.07, 6.45) is -1.03. The van der Waals surface area contributed by atoms with Crippen molar-refractivity contribution in [3.05, 3.63) is 34.3 Å². The van der Waals surface area contributed by atoms with E-state index < -0.39 is 60.8 Å². The Hall–Kier alpha value is -5.10. The smallest absolute Gasteiger partial charge is 0.388 e. The van der Waals surface area contributed by atoms with Crippen molar-refractivity contribution in [2.75, 3.05) is 0 Å². The molecular weight excluding hydrogens is 606 g/mol. The summed E-state index contributed by atoms with van der Waals surface area (Å²) in [5, 5.41) is 40.4. The van der Waals surface area contributed by atoms with Crippen LogP contribution in [0.4, 0.5) is 0 Å². The van der Waals surface area contributed by atoms with Gasteiger partial charge in [-0.1, -0.05) is 7.43 Å². The van der Waals surface area contributed by atoms with Gasteiger partial charge in [0.2, 0.25) is 0 Å². The van der Waals surface area contributed by atoms with Crippen molar-refractivity contribution < 1.29 is 94.5 Å². The Bertz CT molecular complexity index is 776. The predicted octanol–water partition coefficient (Wildman–Crippen LogP) is -0.726. The molecule has 0 rings (SSSR count). The van der Waals surface area contributed by atoms with Gasteiger partial charge in [-0.2, -0.15) is 9.59 Å². The van der Waals surface area contributed by atoms with Gasteiger partial charge < -0.3 is 54.5 Å². The molecule has 38 heavy (non-hydrogen) atoms. The minimum absolute atomic E-state index is 0. The van der Waals surface area contributed by atoms with Gasteiger partial charge in [-0.3, -0.25) is 30.0 Å². The standard InChI is InChI=1S/2C5H5NO4.C4H5NO2.CO2.3CHO.CH4.Mo/c2*1-6-3(5(9)10)2-4(7)8;1-3(5-2)4(6)7;2-1-3;3*1-2;;/h2*3H,2H2,(H,7,8)(H,9,10);3H,1H3,(H,6,7);;3*1H;1H4;/q;;;;3*-1;;. The van der Waals surface area contributed by atoms with Crippen molar-refractivity contribution in [3.63, 3.8) is 0 Å². The summed E-state index contributed by atoms with van der Waals surface area (Å²) < 4.78 is 0. The molecule has 0 aliphatic carbocycles. The second kappa shape index (κ2) is 49.1. The summed E-state index contributed by atoms with van der Waals surface area (Å²) in [6, 6.07) is -3.78. The molecule has 0 aliphatic heterocycles. The Labute approximate surface area is 230 Å². The van der Waals surface area contributed by atoms with Crippen molar-refractivity contribution >= 4 is 56.4 Å². The fourth-order valence-corrected chi connectivity index (χ4v) is 0.762. The normalized spacial score (nSPS) is 8.79. The van der Waals surface area contributed by atoms with Gasteiger partial charge in [0.25, 0.3) is 0 Å². The van der Waals surface area contributed by atoms with Crippen LogP contribution in [0.1, 0.15) is 27.2 Å². The van der Waals surface area contributed by atoms with Crippen LogP contribution in [0.25, 0.3) is 14.5 Å². The van der Waals surface area contributed by atoms with Crippen LogP contribution in [0.2, 0.25) is 0 Å². The van der Waals surface area contributed by atoms with E-state index in [2.05, 4.69) is 34.9 Å². The SMILES string of the molecule is C.O=C=O.[C-]#[N+]C(C)C(=O)O.[C-]#[N+]C(CC(=O)O)C(=O)O.[C-]#[N+]C(CC(=O)O)C(=O)O.[CH-]=O.[CH-]=O.[CH-]=O.[Mo]. The van der Waals surface area contributed by atoms with Crippen LogP contribution in [0.5, 0.6) is 0 Å². The molecule has 3 atom stereocenters. The van der Waals surface area contributed by atoms with Crippen LogP contribution in [0, 0.1) is 19.7 Å². The quantitative estimate of drug-likeness (QED) is 0.132. The summed E-state index contributed by atoms with van der Waals surface area (Å²) >= 11 is 0. The monoisotopic (exact) mass is 630 g/mol. The molecule has 0 aromatic heterocycles. The average molecular weight is 628 g/mol. The molecule has 0 saturated heterocycles. The Morgan fingerprint density at radius 3 is 0.895 bits per heavy atom. The van der Waals surface area contributed by atoms with Gasteiger partial charge in [0.15, 0.2) is 0 Å². The van der Waals surface area contributed by atoms with Gasteiger partial charge in [0.05, 0.1) is 0 Å². The molecule has 0 bridgehead atoms. The first kappa shape index (κ1) is 58.6. The summed E-state index contributed by atoms with van der Waals surface area (Å²) in [6.45, 7) is 29.8. The number of carbonyl (C=O) groups is 5. The molecule has 19 heteroatoms. The third kappa shape index (κ3) is 63.2. The molecule has 212 valence electrons. The minimum Gasteiger partial charge on any atom is -0.545 e. The maximum Gasteiger partial charge on any atom is 0.388 e. The van der Waals surface area contributed by atoms with E-state index in [1.165, 1.54) is 6.92 Å². The van der Waals surface area contributed by atoms with Gasteiger partial charge in [0.1, 0.15) is 12.8 Å². The summed E-state index contributed by atoms with van der Waals surface area (Å²) in [7, 11) is 0. The van der Waals surface area contributed by atoms with E-state index in [0.717, 1.165) is 0 Å². The van der Waals surface area contributed by atoms with Crippen LogP contribution in [0.3, 0.4) is 0 Å². The molecule has 0 aromatic carbocycles. The van der Waals surface area contributed by atoms with E-state index in [4.69, 9.17) is 69.2 Å². The fourth-order valence-electron chi connectivity index (χ4n) is 0.762. The molecule has 0 radical (unpaired) electrons. The van der Waals surface area contributed by atoms with Crippen LogP contribution < -0.4 is 0 Å². The maximum absolute atomic E-state index is 9.99. The number of nitrogens with zero attached hydrogens (tertiary/aromatic N) is 3. The molecule has 0 saturated carbocycles. The second-order valence-electron chi connectivity index (χ2n) is 4.39. The Morgan fingerprint density at radius 1 is 0.658 bits per heavy atom. The first-order valence-electron chi connectivity index (χ1n) is 7.67. The predicted molar refractivity (Wildman–Crippen MR) is 116 cm³/mol. The van der Waals surface area contributed by atoms with Gasteiger partial charge in [0, 0.05) is 28.0 Å². The van der Waals surface area contributed by atoms with Gasteiger partial charge in [-0.05, 0) is 0 Å². The molecule has 0 spiro atoms. The van der Waals surface area contributed by atoms with E-state index in [-0.39, 0.29) is 34.6 Å². The molecule has 18 nitrogen and oxygen atoms in total. The van der Waals surface area contributed by atoms with E-state index >= 15 is 0 Å². The third-order valence-corrected chi connectivity index (χ3v) is 2.17. The first-order valence-corrected chi connectivity index (χ1v) is 7.67. The number of rotatable bonds is 7. The average Bonchev–Trinajstić information content (AvgIpc) is 2.84. The topological polar surface area (TPSA) is 285 Å². The van der Waals surface area contributed by atoms with Crippen molar-refractivity contribution in [3.8, 4) is 0 Å². The summed E-state index contributed by atoms with van der Waals surface area (Å²) in [5.41, 5.74) is 0. The summed E-state index contributed by atoms with van der Waals surface area (Å²) in [5.74, 6) is -6.39. The second-order valence-corrected chi connectivity index (χ2v) is 4.39. The molecule has 0 heterocycles. The summed E-state index contributed by atoms with van der Waals surface area (Å²) in [4.78, 5) is 96.9. The van der Waals surface area contributed by atoms with E-state index in [1.807, 2.05) is 0 Å². The zero-order valence-corrected chi connectivity index (χ0v) is 20.5. The molecule has 3 unspecified atom stereocenters. The first-order chi connectivity index (χ1) is 16.7. The van der Waals surface area contributed by atoms with Gasteiger partial charge in [-0.25, -0.2) is 34.1 Å². The molecule has 0 fully saturated rings. The van der Waals surface area contributed by atoms with Crippen molar-refractivity contribution in [2.24, 2.45) is 0 Å². The largest absolute Gasteiger partial charge is 0.545 e. The molecule has 0 aromatic rings. The molecule has 0 amide bonds. The Kier molecular flexibility index (Phi) is 75.8.